The zero-order valence-corrected chi connectivity index (χ0v) is 39.0. The van der Waals surface area contributed by atoms with Crippen LogP contribution in [-0.4, -0.2) is 115 Å². The number of hydrogen-bond acceptors (Lipinski definition) is 12. The first-order chi connectivity index (χ1) is 31.8. The molecule has 0 aromatic heterocycles. The summed E-state index contributed by atoms with van der Waals surface area (Å²) < 4.78 is 33.6. The van der Waals surface area contributed by atoms with Crippen molar-refractivity contribution in [2.75, 3.05) is 53.7 Å². The number of hydrogen-bond donors (Lipinski definition) is 1. The number of fused-ring (bicyclic) bond motifs is 3. The molecule has 1 aliphatic carbocycles. The monoisotopic (exact) mass is 918 g/mol. The second kappa shape index (κ2) is 20.6. The van der Waals surface area contributed by atoms with Crippen LogP contribution in [0.4, 0.5) is 4.79 Å². The lowest BCUT2D eigenvalue weighted by Gasteiger charge is -2.51. The highest BCUT2D eigenvalue weighted by molar-refractivity contribution is 6.38. The van der Waals surface area contributed by atoms with Crippen molar-refractivity contribution in [2.45, 2.75) is 70.4 Å². The van der Waals surface area contributed by atoms with Crippen LogP contribution in [0.1, 0.15) is 75.1 Å². The van der Waals surface area contributed by atoms with Gasteiger partial charge < -0.3 is 43.3 Å². The number of carboxylic acid groups (broad SMARTS) is 1. The van der Waals surface area contributed by atoms with Crippen molar-refractivity contribution >= 4 is 35.7 Å². The number of carbonyl (C=O) groups is 6. The van der Waals surface area contributed by atoms with Gasteiger partial charge in [-0.2, -0.15) is 0 Å². The molecule has 1 N–H and O–H groups in total. The largest absolute Gasteiger partial charge is 0.493 e. The second-order valence-electron chi connectivity index (χ2n) is 18.2. The van der Waals surface area contributed by atoms with Crippen LogP contribution in [0.5, 0.6) is 17.2 Å². The van der Waals surface area contributed by atoms with Crippen molar-refractivity contribution in [3.8, 4) is 28.4 Å². The quantitative estimate of drug-likeness (QED) is 0.0452. The van der Waals surface area contributed by atoms with Crippen LogP contribution in [0.15, 0.2) is 104 Å². The lowest BCUT2D eigenvalue weighted by molar-refractivity contribution is -0.171. The number of Topliss-reactive ketones (excluding diaryl/α,β-unsaturated/α-hetero) is 1. The number of esters is 2. The average molecular weight is 919 g/mol. The number of methoxy groups -OCH3 is 2. The van der Waals surface area contributed by atoms with E-state index >= 15 is 0 Å². The van der Waals surface area contributed by atoms with E-state index in [1.807, 2.05) is 48.5 Å². The number of piperazine rings is 1. The van der Waals surface area contributed by atoms with Gasteiger partial charge in [-0.05, 0) is 105 Å². The number of aliphatic carboxylic acids is 1. The van der Waals surface area contributed by atoms with Gasteiger partial charge in [0.25, 0.3) is 5.91 Å². The number of aryl methyl sites for hydroxylation is 1. The Morgan fingerprint density at radius 2 is 1.48 bits per heavy atom. The molecule has 2 amide bonds. The molecule has 4 aromatic rings. The summed E-state index contributed by atoms with van der Waals surface area (Å²) in [5, 5.41) is 11.8. The van der Waals surface area contributed by atoms with Crippen LogP contribution in [0.2, 0.25) is 0 Å². The number of carbonyl (C=O) groups excluding carboxylic acids is 5. The smallest absolute Gasteiger partial charge is 0.409 e. The van der Waals surface area contributed by atoms with E-state index in [2.05, 4.69) is 6.58 Å². The molecule has 15 heteroatoms. The lowest BCUT2D eigenvalue weighted by atomic mass is 9.72. The Kier molecular flexibility index (Phi) is 15.1. The fourth-order valence-electron chi connectivity index (χ4n) is 8.78. The summed E-state index contributed by atoms with van der Waals surface area (Å²) >= 11 is 0. The molecule has 2 atom stereocenters. The van der Waals surface area contributed by atoms with Crippen LogP contribution in [0.25, 0.3) is 11.1 Å². The predicted octanol–water partition coefficient (Wildman–Crippen LogP) is 7.38. The fraction of sp³-hybridized carbons (Fsp3) is 0.385. The molecule has 6 rings (SSSR count). The molecular formula is C52H58N2O13. The first-order valence-corrected chi connectivity index (χ1v) is 22.0. The zero-order chi connectivity index (χ0) is 48.7. The zero-order valence-electron chi connectivity index (χ0n) is 39.0. The standard InChI is InChI=1S/C52H58N2O13/c1-9-44(55)66-32-51(5,6)46(57)47(58)54-26-25-53(49(61)65-29-40-38-19-12-10-17-36(38)37-18-11-13-20-39(37)40)31-52(54,48(59)60)41(23-21-33-22-24-42(62-7)43(27-33)63-8)34-15-14-16-35(28-34)64-30-45(56)67-50(2,3)4/h9-20,22,24,27-28,40-41H,1,21,23,25-26,29-32H2,2-8H3,(H,59,60)/t41-,52?/m1/s1. The maximum atomic E-state index is 14.8. The summed E-state index contributed by atoms with van der Waals surface area (Å²) in [5.74, 6) is -5.46. The fourth-order valence-corrected chi connectivity index (χ4v) is 8.78. The van der Waals surface area contributed by atoms with Gasteiger partial charge in [-0.15, -0.1) is 0 Å². The maximum Gasteiger partial charge on any atom is 0.409 e. The molecule has 354 valence electrons. The normalized spacial score (nSPS) is 16.2. The van der Waals surface area contributed by atoms with Crippen LogP contribution in [-0.2, 0) is 44.6 Å². The van der Waals surface area contributed by atoms with Crippen molar-refractivity contribution < 1.29 is 62.3 Å². The molecular weight excluding hydrogens is 861 g/mol. The number of ketones is 1. The lowest BCUT2D eigenvalue weighted by Crippen LogP contribution is -2.72. The van der Waals surface area contributed by atoms with Crippen LogP contribution >= 0.6 is 0 Å². The number of benzene rings is 4. The highest BCUT2D eigenvalue weighted by atomic mass is 16.6. The van der Waals surface area contributed by atoms with Gasteiger partial charge in [0.05, 0.1) is 26.2 Å². The van der Waals surface area contributed by atoms with E-state index in [1.165, 1.54) is 33.0 Å². The summed E-state index contributed by atoms with van der Waals surface area (Å²) in [5.41, 5.74) is 0.397. The van der Waals surface area contributed by atoms with E-state index in [9.17, 15) is 33.9 Å². The van der Waals surface area contributed by atoms with Gasteiger partial charge in [0.2, 0.25) is 5.78 Å². The van der Waals surface area contributed by atoms with Crippen LogP contribution in [0, 0.1) is 5.41 Å². The number of ether oxygens (including phenoxy) is 6. The van der Waals surface area contributed by atoms with E-state index in [4.69, 9.17) is 28.4 Å². The number of amides is 2. The SMILES string of the molecule is C=CC(=O)OCC(C)(C)C(=O)C(=O)N1CCN(C(=O)OCC2c3ccccc3-c3ccccc32)CC1(C(=O)O)[C@H](CCc1ccc(OC)c(OC)c1)c1cccc(OCC(=O)OC(C)(C)C)c1. The third-order valence-corrected chi connectivity index (χ3v) is 12.1. The van der Waals surface area contributed by atoms with Gasteiger partial charge in [0, 0.05) is 31.0 Å². The van der Waals surface area contributed by atoms with Crippen molar-refractivity contribution in [3.05, 3.63) is 126 Å². The van der Waals surface area contributed by atoms with E-state index in [1.54, 1.807) is 63.2 Å². The van der Waals surface area contributed by atoms with Gasteiger partial charge in [-0.1, -0.05) is 73.3 Å². The predicted molar refractivity (Wildman–Crippen MR) is 247 cm³/mol. The first kappa shape index (κ1) is 49.3. The Morgan fingerprint density at radius 1 is 0.821 bits per heavy atom. The van der Waals surface area contributed by atoms with Gasteiger partial charge in [0.1, 0.15) is 24.6 Å². The van der Waals surface area contributed by atoms with Crippen molar-refractivity contribution in [1.82, 2.24) is 9.80 Å². The molecule has 0 spiro atoms. The Bertz CT molecular complexity index is 2480. The van der Waals surface area contributed by atoms with Gasteiger partial charge in [0.15, 0.2) is 23.6 Å². The highest BCUT2D eigenvalue weighted by Crippen LogP contribution is 2.46. The first-order valence-electron chi connectivity index (χ1n) is 22.0. The average Bonchev–Trinajstić information content (AvgIpc) is 3.63. The maximum absolute atomic E-state index is 14.8. The van der Waals surface area contributed by atoms with E-state index in [0.29, 0.717) is 17.1 Å². The third-order valence-electron chi connectivity index (χ3n) is 12.1. The van der Waals surface area contributed by atoms with Gasteiger partial charge in [-0.25, -0.2) is 19.2 Å². The minimum atomic E-state index is -2.33. The third kappa shape index (κ3) is 10.9. The van der Waals surface area contributed by atoms with E-state index < -0.39 is 77.9 Å². The summed E-state index contributed by atoms with van der Waals surface area (Å²) in [7, 11) is 3.00. The van der Waals surface area contributed by atoms with Crippen molar-refractivity contribution in [1.29, 1.82) is 0 Å². The Labute approximate surface area is 390 Å². The topological polar surface area (TPSA) is 185 Å². The molecule has 0 saturated carbocycles. The van der Waals surface area contributed by atoms with Gasteiger partial charge in [-0.3, -0.25) is 9.59 Å². The molecule has 2 aliphatic rings. The number of carboxylic acids is 1. The van der Waals surface area contributed by atoms with Crippen LogP contribution < -0.4 is 14.2 Å². The van der Waals surface area contributed by atoms with Crippen molar-refractivity contribution in [2.24, 2.45) is 5.41 Å². The minimum absolute atomic E-state index is 0.0359. The molecule has 1 unspecified atom stereocenters. The molecule has 4 aromatic carbocycles. The summed E-state index contributed by atoms with van der Waals surface area (Å²) in [4.78, 5) is 85.1. The highest BCUT2D eigenvalue weighted by Gasteiger charge is 2.58. The summed E-state index contributed by atoms with van der Waals surface area (Å²) in [6, 6.07) is 27.5. The molecule has 0 bridgehead atoms. The molecule has 0 radical (unpaired) electrons. The van der Waals surface area contributed by atoms with E-state index in [-0.39, 0.29) is 44.2 Å². The van der Waals surface area contributed by atoms with Crippen molar-refractivity contribution in [3.63, 3.8) is 0 Å². The molecule has 15 nitrogen and oxygen atoms in total. The Morgan fingerprint density at radius 3 is 2.09 bits per heavy atom. The summed E-state index contributed by atoms with van der Waals surface area (Å²) in [6.45, 7) is 9.23. The molecule has 67 heavy (non-hydrogen) atoms. The van der Waals surface area contributed by atoms with E-state index in [0.717, 1.165) is 38.8 Å². The molecule has 1 fully saturated rings. The van der Waals surface area contributed by atoms with Crippen LogP contribution in [0.3, 0.4) is 0 Å². The molecule has 1 heterocycles. The second-order valence-corrected chi connectivity index (χ2v) is 18.2. The van der Waals surface area contributed by atoms with Gasteiger partial charge >= 0.3 is 24.0 Å². The number of nitrogens with zero attached hydrogens (tertiary/aromatic N) is 2. The Balaban J connectivity index is 1.42. The molecule has 1 aliphatic heterocycles. The Hall–Kier alpha value is -7.16. The summed E-state index contributed by atoms with van der Waals surface area (Å²) in [6.07, 6.45) is 0.367. The molecule has 1 saturated heterocycles. The minimum Gasteiger partial charge on any atom is -0.493 e. The number of rotatable bonds is 18.